The first kappa shape index (κ1) is 11.2. The third-order valence-electron chi connectivity index (χ3n) is 2.81. The number of aliphatic hydroxyl groups is 1. The van der Waals surface area contributed by atoms with E-state index in [9.17, 15) is 5.11 Å². The molecule has 1 heterocycles. The molecule has 4 nitrogen and oxygen atoms in total. The molecule has 1 aromatic rings. The number of hydrogen-bond donors (Lipinski definition) is 3. The predicted octanol–water partition coefficient (Wildman–Crippen LogP) is 1.48. The summed E-state index contributed by atoms with van der Waals surface area (Å²) in [6, 6.07) is 5.14. The van der Waals surface area contributed by atoms with Crippen molar-refractivity contribution in [3.63, 3.8) is 0 Å². The SMILES string of the molecule is OCc1cc(NCC2CCCO2)ccc1O. The molecule has 1 fully saturated rings. The minimum Gasteiger partial charge on any atom is -0.508 e. The van der Waals surface area contributed by atoms with Crippen LogP contribution in [0.25, 0.3) is 0 Å². The molecule has 0 bridgehead atoms. The summed E-state index contributed by atoms with van der Waals surface area (Å²) < 4.78 is 5.49. The normalized spacial score (nSPS) is 19.9. The third-order valence-corrected chi connectivity index (χ3v) is 2.81. The summed E-state index contributed by atoms with van der Waals surface area (Å²) >= 11 is 0. The van der Waals surface area contributed by atoms with Crippen LogP contribution >= 0.6 is 0 Å². The lowest BCUT2D eigenvalue weighted by molar-refractivity contribution is 0.120. The lowest BCUT2D eigenvalue weighted by atomic mass is 10.2. The summed E-state index contributed by atoms with van der Waals surface area (Å²) in [5, 5.41) is 21.7. The van der Waals surface area contributed by atoms with Gasteiger partial charge in [0.1, 0.15) is 5.75 Å². The van der Waals surface area contributed by atoms with E-state index in [4.69, 9.17) is 9.84 Å². The minimum atomic E-state index is -0.152. The highest BCUT2D eigenvalue weighted by Crippen LogP contribution is 2.22. The largest absolute Gasteiger partial charge is 0.508 e. The van der Waals surface area contributed by atoms with E-state index in [1.807, 2.05) is 0 Å². The van der Waals surface area contributed by atoms with Crippen molar-refractivity contribution in [2.24, 2.45) is 0 Å². The van der Waals surface area contributed by atoms with E-state index >= 15 is 0 Å². The second kappa shape index (κ2) is 5.18. The van der Waals surface area contributed by atoms with Gasteiger partial charge in [-0.15, -0.1) is 0 Å². The Morgan fingerprint density at radius 1 is 1.44 bits per heavy atom. The number of nitrogens with one attached hydrogen (secondary N) is 1. The lowest BCUT2D eigenvalue weighted by Gasteiger charge is -2.12. The number of rotatable bonds is 4. The number of aromatic hydroxyl groups is 1. The van der Waals surface area contributed by atoms with Gasteiger partial charge < -0.3 is 20.3 Å². The highest BCUT2D eigenvalue weighted by molar-refractivity contribution is 5.50. The van der Waals surface area contributed by atoms with Gasteiger partial charge in [-0.2, -0.15) is 0 Å². The Labute approximate surface area is 94.9 Å². The van der Waals surface area contributed by atoms with Crippen LogP contribution < -0.4 is 5.32 Å². The zero-order valence-corrected chi connectivity index (χ0v) is 9.15. The zero-order chi connectivity index (χ0) is 11.4. The van der Waals surface area contributed by atoms with Gasteiger partial charge in [0.05, 0.1) is 12.7 Å². The van der Waals surface area contributed by atoms with E-state index in [2.05, 4.69) is 5.32 Å². The van der Waals surface area contributed by atoms with Crippen molar-refractivity contribution < 1.29 is 14.9 Å². The van der Waals surface area contributed by atoms with E-state index in [1.165, 1.54) is 0 Å². The van der Waals surface area contributed by atoms with Crippen LogP contribution in [0.1, 0.15) is 18.4 Å². The van der Waals surface area contributed by atoms with Crippen LogP contribution in [0.5, 0.6) is 5.75 Å². The van der Waals surface area contributed by atoms with E-state index in [-0.39, 0.29) is 18.5 Å². The third kappa shape index (κ3) is 2.65. The molecule has 0 amide bonds. The minimum absolute atomic E-state index is 0.130. The lowest BCUT2D eigenvalue weighted by Crippen LogP contribution is -2.18. The Morgan fingerprint density at radius 2 is 2.31 bits per heavy atom. The Bertz CT molecular complexity index is 348. The molecule has 0 radical (unpaired) electrons. The number of hydrogen-bond acceptors (Lipinski definition) is 4. The van der Waals surface area contributed by atoms with Gasteiger partial charge in [-0.25, -0.2) is 0 Å². The molecule has 0 aromatic heterocycles. The molecule has 1 aliphatic heterocycles. The fourth-order valence-corrected chi connectivity index (χ4v) is 1.86. The summed E-state index contributed by atoms with van der Waals surface area (Å²) in [6.45, 7) is 1.47. The van der Waals surface area contributed by atoms with E-state index in [0.717, 1.165) is 31.7 Å². The van der Waals surface area contributed by atoms with Gasteiger partial charge in [-0.3, -0.25) is 0 Å². The molecule has 0 saturated carbocycles. The maximum absolute atomic E-state index is 9.40. The molecular weight excluding hydrogens is 206 g/mol. The fourth-order valence-electron chi connectivity index (χ4n) is 1.86. The Balaban J connectivity index is 1.93. The van der Waals surface area contributed by atoms with Crippen LogP contribution in [0.15, 0.2) is 18.2 Å². The molecule has 1 aromatic carbocycles. The molecule has 0 aliphatic carbocycles. The Kier molecular flexibility index (Phi) is 3.64. The second-order valence-electron chi connectivity index (χ2n) is 4.02. The summed E-state index contributed by atoms with van der Waals surface area (Å²) in [5.41, 5.74) is 1.44. The highest BCUT2D eigenvalue weighted by Gasteiger charge is 2.14. The van der Waals surface area contributed by atoms with Crippen molar-refractivity contribution in [3.8, 4) is 5.75 Å². The number of benzene rings is 1. The van der Waals surface area contributed by atoms with Gasteiger partial charge in [-0.05, 0) is 31.0 Å². The highest BCUT2D eigenvalue weighted by atomic mass is 16.5. The predicted molar refractivity (Wildman–Crippen MR) is 61.5 cm³/mol. The van der Waals surface area contributed by atoms with Crippen LogP contribution in [-0.2, 0) is 11.3 Å². The molecule has 88 valence electrons. The molecule has 1 unspecified atom stereocenters. The van der Waals surface area contributed by atoms with Gasteiger partial charge >= 0.3 is 0 Å². The summed E-state index contributed by atoms with van der Waals surface area (Å²) in [5.74, 6) is 0.130. The average Bonchev–Trinajstić information content (AvgIpc) is 2.81. The van der Waals surface area contributed by atoms with Crippen molar-refractivity contribution in [2.45, 2.75) is 25.6 Å². The van der Waals surface area contributed by atoms with Crippen molar-refractivity contribution in [3.05, 3.63) is 23.8 Å². The molecule has 1 saturated heterocycles. The topological polar surface area (TPSA) is 61.7 Å². The first-order valence-electron chi connectivity index (χ1n) is 5.58. The van der Waals surface area contributed by atoms with Crippen molar-refractivity contribution in [1.29, 1.82) is 0 Å². The average molecular weight is 223 g/mol. The zero-order valence-electron chi connectivity index (χ0n) is 9.15. The van der Waals surface area contributed by atoms with E-state index in [1.54, 1.807) is 18.2 Å². The van der Waals surface area contributed by atoms with Crippen molar-refractivity contribution >= 4 is 5.69 Å². The quantitative estimate of drug-likeness (QED) is 0.676. The molecule has 1 aliphatic rings. The van der Waals surface area contributed by atoms with Crippen LogP contribution in [0.2, 0.25) is 0 Å². The maximum atomic E-state index is 9.40. The van der Waals surface area contributed by atoms with Crippen LogP contribution in [0, 0.1) is 0 Å². The Morgan fingerprint density at radius 3 is 3.00 bits per heavy atom. The van der Waals surface area contributed by atoms with Crippen LogP contribution in [-0.4, -0.2) is 29.5 Å². The molecule has 3 N–H and O–H groups in total. The number of phenols is 1. The monoisotopic (exact) mass is 223 g/mol. The first-order chi connectivity index (χ1) is 7.79. The molecule has 4 heteroatoms. The van der Waals surface area contributed by atoms with Gasteiger partial charge in [0, 0.05) is 24.4 Å². The molecule has 0 spiro atoms. The summed E-state index contributed by atoms with van der Waals surface area (Å²) in [6.07, 6.45) is 2.51. The molecule has 1 atom stereocenters. The second-order valence-corrected chi connectivity index (χ2v) is 4.02. The summed E-state index contributed by atoms with van der Waals surface area (Å²) in [4.78, 5) is 0. The number of aliphatic hydroxyl groups excluding tert-OH is 1. The van der Waals surface area contributed by atoms with Crippen LogP contribution in [0.4, 0.5) is 5.69 Å². The van der Waals surface area contributed by atoms with E-state index < -0.39 is 0 Å². The van der Waals surface area contributed by atoms with E-state index in [0.29, 0.717) is 5.56 Å². The van der Waals surface area contributed by atoms with Crippen molar-refractivity contribution in [1.82, 2.24) is 0 Å². The Hall–Kier alpha value is -1.26. The summed E-state index contributed by atoms with van der Waals surface area (Å²) in [7, 11) is 0. The van der Waals surface area contributed by atoms with Gasteiger partial charge in [0.2, 0.25) is 0 Å². The maximum Gasteiger partial charge on any atom is 0.121 e. The molecule has 16 heavy (non-hydrogen) atoms. The standard InChI is InChI=1S/C12H17NO3/c14-8-9-6-10(3-4-12(9)15)13-7-11-2-1-5-16-11/h3-4,6,11,13-15H,1-2,5,7-8H2. The molecule has 2 rings (SSSR count). The molecular formula is C12H17NO3. The van der Waals surface area contributed by atoms with Gasteiger partial charge in [0.25, 0.3) is 0 Å². The fraction of sp³-hybridized carbons (Fsp3) is 0.500. The number of ether oxygens (including phenoxy) is 1. The van der Waals surface area contributed by atoms with Gasteiger partial charge in [-0.1, -0.05) is 0 Å². The first-order valence-corrected chi connectivity index (χ1v) is 5.58. The smallest absolute Gasteiger partial charge is 0.121 e. The number of anilines is 1. The van der Waals surface area contributed by atoms with Crippen LogP contribution in [0.3, 0.4) is 0 Å². The van der Waals surface area contributed by atoms with Crippen molar-refractivity contribution in [2.75, 3.05) is 18.5 Å². The van der Waals surface area contributed by atoms with Gasteiger partial charge in [0.15, 0.2) is 0 Å².